The highest BCUT2D eigenvalue weighted by molar-refractivity contribution is 5.84. The molecule has 0 aromatic rings. The average molecular weight is 269 g/mol. The largest absolute Gasteiger partial charge is 0.466 e. The smallest absolute Gasteiger partial charge is 0.306 e. The maximum absolute atomic E-state index is 11.8. The van der Waals surface area contributed by atoms with Crippen LogP contribution in [-0.2, 0) is 14.3 Å². The van der Waals surface area contributed by atoms with Crippen LogP contribution >= 0.6 is 0 Å². The van der Waals surface area contributed by atoms with Crippen LogP contribution in [-0.4, -0.2) is 42.9 Å². The van der Waals surface area contributed by atoms with E-state index in [0.717, 1.165) is 13.1 Å². The summed E-state index contributed by atoms with van der Waals surface area (Å²) in [5.41, 5.74) is 0.404. The number of hydrogen-bond donors (Lipinski definition) is 0. The van der Waals surface area contributed by atoms with Gasteiger partial charge in [0.1, 0.15) is 5.78 Å². The predicted octanol–water partition coefficient (Wildman–Crippen LogP) is 2.41. The molecule has 1 aliphatic heterocycles. The molecule has 4 nitrogen and oxygen atoms in total. The van der Waals surface area contributed by atoms with Gasteiger partial charge in [0.15, 0.2) is 0 Å². The van der Waals surface area contributed by atoms with Crippen molar-refractivity contribution in [1.82, 2.24) is 4.90 Å². The average Bonchev–Trinajstić information content (AvgIpc) is 2.81. The lowest BCUT2D eigenvalue weighted by atomic mass is 9.82. The molecule has 0 N–H and O–H groups in total. The molecule has 0 bridgehead atoms. The third kappa shape index (κ3) is 4.94. The second-order valence-corrected chi connectivity index (χ2v) is 5.51. The minimum Gasteiger partial charge on any atom is -0.466 e. The fourth-order valence-electron chi connectivity index (χ4n) is 2.79. The van der Waals surface area contributed by atoms with E-state index in [4.69, 9.17) is 4.74 Å². The summed E-state index contributed by atoms with van der Waals surface area (Å²) in [6, 6.07) is 0. The van der Waals surface area contributed by atoms with Gasteiger partial charge in [0.25, 0.3) is 0 Å². The number of likely N-dealkylation sites (tertiary alicyclic amines) is 1. The van der Waals surface area contributed by atoms with Crippen molar-refractivity contribution < 1.29 is 14.3 Å². The van der Waals surface area contributed by atoms with Crippen LogP contribution in [0.3, 0.4) is 0 Å². The number of nitrogens with zero attached hydrogens (tertiary/aromatic N) is 1. The lowest BCUT2D eigenvalue weighted by Crippen LogP contribution is -2.31. The van der Waals surface area contributed by atoms with Crippen LogP contribution in [0.2, 0.25) is 0 Å². The van der Waals surface area contributed by atoms with Gasteiger partial charge in [-0.25, -0.2) is 0 Å². The molecule has 0 aromatic heterocycles. The molecule has 4 heteroatoms. The molecule has 0 aromatic carbocycles. The first-order valence-corrected chi connectivity index (χ1v) is 7.45. The van der Waals surface area contributed by atoms with Crippen molar-refractivity contribution in [2.24, 2.45) is 5.41 Å². The molecule has 0 amide bonds. The summed E-state index contributed by atoms with van der Waals surface area (Å²) in [6.07, 6.45) is 4.06. The third-order valence-corrected chi connectivity index (χ3v) is 4.33. The van der Waals surface area contributed by atoms with E-state index in [2.05, 4.69) is 18.7 Å². The Morgan fingerprint density at radius 1 is 1.16 bits per heavy atom. The molecule has 19 heavy (non-hydrogen) atoms. The number of ketones is 1. The van der Waals surface area contributed by atoms with Crippen molar-refractivity contribution in [2.75, 3.05) is 26.2 Å². The SMILES string of the molecule is CCOC(=O)CCC(=O)CN1CCC(CC)(CC)C1. The van der Waals surface area contributed by atoms with Gasteiger partial charge < -0.3 is 4.74 Å². The fraction of sp³-hybridized carbons (Fsp3) is 0.867. The van der Waals surface area contributed by atoms with E-state index < -0.39 is 0 Å². The van der Waals surface area contributed by atoms with Gasteiger partial charge in [0.05, 0.1) is 19.6 Å². The quantitative estimate of drug-likeness (QED) is 0.635. The van der Waals surface area contributed by atoms with Gasteiger partial charge in [-0.15, -0.1) is 0 Å². The van der Waals surface area contributed by atoms with Gasteiger partial charge in [-0.2, -0.15) is 0 Å². The molecule has 0 aliphatic carbocycles. The molecule has 110 valence electrons. The molecular formula is C15H27NO3. The summed E-state index contributed by atoms with van der Waals surface area (Å²) >= 11 is 0. The number of carbonyl (C=O) groups is 2. The highest BCUT2D eigenvalue weighted by Gasteiger charge is 2.35. The molecule has 1 heterocycles. The first kappa shape index (κ1) is 16.2. The Hall–Kier alpha value is -0.900. The standard InChI is InChI=1S/C15H27NO3/c1-4-15(5-2)9-10-16(12-15)11-13(17)7-8-14(18)19-6-3/h4-12H2,1-3H3. The first-order valence-electron chi connectivity index (χ1n) is 7.45. The number of Topliss-reactive ketones (excluding diaryl/α,β-unsaturated/α-hetero) is 1. The topological polar surface area (TPSA) is 46.6 Å². The van der Waals surface area contributed by atoms with Gasteiger partial charge in [-0.1, -0.05) is 13.8 Å². The maximum Gasteiger partial charge on any atom is 0.306 e. The summed E-state index contributed by atoms with van der Waals surface area (Å²) in [7, 11) is 0. The Bertz CT molecular complexity index is 311. The summed E-state index contributed by atoms with van der Waals surface area (Å²) < 4.78 is 4.83. The lowest BCUT2D eigenvalue weighted by Gasteiger charge is -2.26. The molecule has 0 saturated carbocycles. The van der Waals surface area contributed by atoms with E-state index in [-0.39, 0.29) is 18.2 Å². The van der Waals surface area contributed by atoms with Crippen LogP contribution in [0.25, 0.3) is 0 Å². The molecule has 1 saturated heterocycles. The number of hydrogen-bond acceptors (Lipinski definition) is 4. The summed E-state index contributed by atoms with van der Waals surface area (Å²) in [5.74, 6) is -0.121. The number of carbonyl (C=O) groups excluding carboxylic acids is 2. The summed E-state index contributed by atoms with van der Waals surface area (Å²) in [4.78, 5) is 25.3. The van der Waals surface area contributed by atoms with Gasteiger partial charge in [0.2, 0.25) is 0 Å². The number of ether oxygens (including phenoxy) is 1. The van der Waals surface area contributed by atoms with E-state index >= 15 is 0 Å². The van der Waals surface area contributed by atoms with Crippen LogP contribution in [0.15, 0.2) is 0 Å². The van der Waals surface area contributed by atoms with E-state index in [1.807, 2.05) is 0 Å². The Morgan fingerprint density at radius 2 is 1.84 bits per heavy atom. The Kier molecular flexibility index (Phi) is 6.49. The Morgan fingerprint density at radius 3 is 2.37 bits per heavy atom. The van der Waals surface area contributed by atoms with Crippen molar-refractivity contribution in [3.8, 4) is 0 Å². The van der Waals surface area contributed by atoms with Gasteiger partial charge in [0, 0.05) is 13.0 Å². The Balaban J connectivity index is 2.29. The Labute approximate surface area is 116 Å². The van der Waals surface area contributed by atoms with E-state index in [1.54, 1.807) is 6.92 Å². The van der Waals surface area contributed by atoms with E-state index in [9.17, 15) is 9.59 Å². The second-order valence-electron chi connectivity index (χ2n) is 5.51. The minimum atomic E-state index is -0.270. The molecule has 1 fully saturated rings. The zero-order valence-electron chi connectivity index (χ0n) is 12.5. The second kappa shape index (κ2) is 7.63. The highest BCUT2D eigenvalue weighted by atomic mass is 16.5. The van der Waals surface area contributed by atoms with E-state index in [0.29, 0.717) is 25.0 Å². The third-order valence-electron chi connectivity index (χ3n) is 4.33. The van der Waals surface area contributed by atoms with Crippen molar-refractivity contribution in [3.05, 3.63) is 0 Å². The van der Waals surface area contributed by atoms with Gasteiger partial charge >= 0.3 is 5.97 Å². The van der Waals surface area contributed by atoms with Crippen LogP contribution in [0.1, 0.15) is 52.9 Å². The monoisotopic (exact) mass is 269 g/mol. The van der Waals surface area contributed by atoms with E-state index in [1.165, 1.54) is 19.3 Å². The number of rotatable bonds is 8. The van der Waals surface area contributed by atoms with Crippen LogP contribution in [0, 0.1) is 5.41 Å². The zero-order chi connectivity index (χ0) is 14.3. The molecule has 0 atom stereocenters. The van der Waals surface area contributed by atoms with Gasteiger partial charge in [-0.3, -0.25) is 14.5 Å². The van der Waals surface area contributed by atoms with Crippen molar-refractivity contribution in [1.29, 1.82) is 0 Å². The summed E-state index contributed by atoms with van der Waals surface area (Å²) in [5, 5.41) is 0. The molecule has 0 spiro atoms. The molecule has 0 unspecified atom stereocenters. The van der Waals surface area contributed by atoms with Crippen molar-refractivity contribution >= 4 is 11.8 Å². The predicted molar refractivity (Wildman–Crippen MR) is 74.9 cm³/mol. The summed E-state index contributed by atoms with van der Waals surface area (Å²) in [6.45, 7) is 9.14. The van der Waals surface area contributed by atoms with Crippen LogP contribution in [0.5, 0.6) is 0 Å². The van der Waals surface area contributed by atoms with Crippen molar-refractivity contribution in [3.63, 3.8) is 0 Å². The van der Waals surface area contributed by atoms with Crippen LogP contribution in [0.4, 0.5) is 0 Å². The maximum atomic E-state index is 11.8. The fourth-order valence-corrected chi connectivity index (χ4v) is 2.79. The molecule has 1 aliphatic rings. The lowest BCUT2D eigenvalue weighted by molar-refractivity contribution is -0.144. The normalized spacial score (nSPS) is 18.5. The highest BCUT2D eigenvalue weighted by Crippen LogP contribution is 2.36. The molecular weight excluding hydrogens is 242 g/mol. The minimum absolute atomic E-state index is 0.149. The zero-order valence-corrected chi connectivity index (χ0v) is 12.5. The van der Waals surface area contributed by atoms with Crippen molar-refractivity contribution in [2.45, 2.75) is 52.9 Å². The first-order chi connectivity index (χ1) is 9.05. The number of esters is 1. The molecule has 1 rings (SSSR count). The van der Waals surface area contributed by atoms with Crippen LogP contribution < -0.4 is 0 Å². The molecule has 0 radical (unpaired) electrons. The van der Waals surface area contributed by atoms with Gasteiger partial charge in [-0.05, 0) is 38.1 Å².